The SMILES string of the molecule is CN(C)c1cc(Oc2[c-]ccc(C(F)(F)F)c2)nc(Oc2[c-]ccc(C(F)(F)F)c2)c1.CN1[CH-]N(c2[c-]c(N3[CH-]Nc4ccc(C(F)(F)F)nc43)cc(C(F)(F)F)c2)c2nc(C(F)(F)F)ccc21.[Ir]. The van der Waals surface area contributed by atoms with Gasteiger partial charge in [0.15, 0.2) is 0 Å². The molecule has 0 saturated carbocycles. The molecule has 0 aliphatic carbocycles. The van der Waals surface area contributed by atoms with Gasteiger partial charge in [0.2, 0.25) is 11.8 Å². The van der Waals surface area contributed by atoms with Crippen LogP contribution in [0.2, 0.25) is 0 Å². The van der Waals surface area contributed by atoms with E-state index in [9.17, 15) is 65.9 Å². The number of halogens is 15. The van der Waals surface area contributed by atoms with Gasteiger partial charge in [0, 0.05) is 74.9 Å². The third kappa shape index (κ3) is 12.0. The molecule has 0 unspecified atom stereocenters. The van der Waals surface area contributed by atoms with Crippen LogP contribution in [-0.4, -0.2) is 36.1 Å². The smallest absolute Gasteiger partial charge is 0.433 e. The summed E-state index contributed by atoms with van der Waals surface area (Å²) in [5.74, 6) is -1.39. The van der Waals surface area contributed by atoms with Gasteiger partial charge in [0.05, 0.1) is 0 Å². The van der Waals surface area contributed by atoms with Crippen LogP contribution in [0, 0.1) is 31.5 Å². The van der Waals surface area contributed by atoms with Crippen molar-refractivity contribution in [3.05, 3.63) is 145 Å². The van der Waals surface area contributed by atoms with Crippen LogP contribution in [0.1, 0.15) is 28.1 Å². The summed E-state index contributed by atoms with van der Waals surface area (Å²) in [6.45, 7) is 2.31. The molecule has 3 aromatic heterocycles. The van der Waals surface area contributed by atoms with E-state index in [4.69, 9.17) is 9.47 Å². The molecule has 6 aromatic rings. The summed E-state index contributed by atoms with van der Waals surface area (Å²) in [7, 11) is 4.81. The molecule has 26 heteroatoms. The van der Waals surface area contributed by atoms with Crippen LogP contribution >= 0.6 is 0 Å². The topological polar surface area (TPSA) is 82.1 Å². The van der Waals surface area contributed by atoms with Crippen molar-refractivity contribution in [2.45, 2.75) is 30.9 Å². The molecule has 2 aliphatic rings. The van der Waals surface area contributed by atoms with Gasteiger partial charge in [-0.15, -0.1) is 53.8 Å². The van der Waals surface area contributed by atoms with Gasteiger partial charge in [-0.1, -0.05) is 16.7 Å². The molecular formula is C43H26F15IrN8O2-5. The molecule has 1 radical (unpaired) electrons. The predicted molar refractivity (Wildman–Crippen MR) is 213 cm³/mol. The normalized spacial score (nSPS) is 13.7. The summed E-state index contributed by atoms with van der Waals surface area (Å²) >= 11 is 0. The summed E-state index contributed by atoms with van der Waals surface area (Å²) < 4.78 is 209. The Kier molecular flexibility index (Phi) is 14.2. The third-order valence-electron chi connectivity index (χ3n) is 9.39. The molecule has 369 valence electrons. The largest absolute Gasteiger partial charge is 0.513 e. The molecular weight excluding hydrogens is 1140 g/mol. The van der Waals surface area contributed by atoms with Crippen LogP contribution in [0.4, 0.5) is 106 Å². The first kappa shape index (κ1) is 51.7. The van der Waals surface area contributed by atoms with Gasteiger partial charge in [-0.2, -0.15) is 108 Å². The number of aromatic nitrogens is 3. The van der Waals surface area contributed by atoms with Crippen LogP contribution in [0.25, 0.3) is 0 Å². The number of nitrogens with zero attached hydrogens (tertiary/aromatic N) is 7. The zero-order valence-corrected chi connectivity index (χ0v) is 37.1. The minimum absolute atomic E-state index is 0. The monoisotopic (exact) mass is 1160 g/mol. The first-order chi connectivity index (χ1) is 31.5. The zero-order chi connectivity index (χ0) is 49.7. The molecule has 0 saturated heterocycles. The van der Waals surface area contributed by atoms with Crippen molar-refractivity contribution < 1.29 is 95.4 Å². The Morgan fingerprint density at radius 3 is 1.52 bits per heavy atom. The van der Waals surface area contributed by atoms with Crippen LogP contribution in [0.15, 0.2) is 84.9 Å². The average Bonchev–Trinajstić information content (AvgIpc) is 3.82. The Balaban J connectivity index is 0.000000227. The van der Waals surface area contributed by atoms with E-state index in [2.05, 4.69) is 38.5 Å². The number of hydrogen-bond donors (Lipinski definition) is 1. The average molecular weight is 1160 g/mol. The standard InChI is InChI=1S/C22H12F9N6.C21H14F6N2O2.Ir/c1-35-10-37(19-15(35)3-5-17(34-19)22(29,30)31)13-7-11(20(23,24)25)6-12(8-13)36-9-32-14-2-4-16(21(26,27)28)33-18(14)36;1-29(2)15-11-18(30-16-7-3-5-13(9-16)20(22,23)24)28-19(12-15)31-17-8-4-6-14(10-17)21(25,26)27;/h2-7,9-10,32H,1H3;3-6,9-12H,1-2H3;/q-3;-2;. The minimum Gasteiger partial charge on any atom is -0.513 e. The van der Waals surface area contributed by atoms with Crippen molar-refractivity contribution in [1.82, 2.24) is 15.0 Å². The number of anilines is 7. The van der Waals surface area contributed by atoms with Gasteiger partial charge in [-0.25, -0.2) is 9.97 Å². The van der Waals surface area contributed by atoms with Crippen LogP contribution in [0.3, 0.4) is 0 Å². The van der Waals surface area contributed by atoms with Crippen molar-refractivity contribution in [2.24, 2.45) is 0 Å². The number of fused-ring (bicyclic) bond motifs is 2. The first-order valence-corrected chi connectivity index (χ1v) is 18.8. The maximum atomic E-state index is 13.8. The number of ether oxygens (including phenoxy) is 2. The molecule has 2 aliphatic heterocycles. The summed E-state index contributed by atoms with van der Waals surface area (Å²) in [5.41, 5.74) is -5.57. The Morgan fingerprint density at radius 2 is 1.04 bits per heavy atom. The van der Waals surface area contributed by atoms with Crippen LogP contribution in [0.5, 0.6) is 23.3 Å². The van der Waals surface area contributed by atoms with Gasteiger partial charge in [0.1, 0.15) is 23.0 Å². The Hall–Kier alpha value is -6.69. The molecule has 0 bridgehead atoms. The summed E-state index contributed by atoms with van der Waals surface area (Å²) in [4.78, 5) is 16.0. The number of pyridine rings is 3. The van der Waals surface area contributed by atoms with Crippen molar-refractivity contribution in [1.29, 1.82) is 0 Å². The second-order valence-electron chi connectivity index (χ2n) is 14.5. The van der Waals surface area contributed by atoms with Crippen molar-refractivity contribution in [3.63, 3.8) is 0 Å². The van der Waals surface area contributed by atoms with Gasteiger partial charge in [-0.3, -0.25) is 0 Å². The number of rotatable bonds is 7. The molecule has 0 atom stereocenters. The van der Waals surface area contributed by atoms with Gasteiger partial charge in [0.25, 0.3) is 0 Å². The molecule has 8 rings (SSSR count). The van der Waals surface area contributed by atoms with E-state index >= 15 is 0 Å². The van der Waals surface area contributed by atoms with Crippen molar-refractivity contribution in [2.75, 3.05) is 46.1 Å². The first-order valence-electron chi connectivity index (χ1n) is 18.8. The summed E-state index contributed by atoms with van der Waals surface area (Å²) in [6.07, 6.45) is -23.7. The van der Waals surface area contributed by atoms with E-state index in [1.807, 2.05) is 0 Å². The van der Waals surface area contributed by atoms with E-state index in [-0.39, 0.29) is 77.7 Å². The quantitative estimate of drug-likeness (QED) is 0.123. The minimum atomic E-state index is -4.91. The Labute approximate surface area is 394 Å². The predicted octanol–water partition coefficient (Wildman–Crippen LogP) is 13.1. The number of benzene rings is 3. The maximum absolute atomic E-state index is 13.8. The molecule has 0 amide bonds. The molecule has 0 fully saturated rings. The zero-order valence-electron chi connectivity index (χ0n) is 34.7. The Bertz CT molecular complexity index is 2740. The van der Waals surface area contributed by atoms with E-state index in [0.717, 1.165) is 71.1 Å². The molecule has 0 spiro atoms. The molecule has 1 N–H and O–H groups in total. The van der Waals surface area contributed by atoms with Gasteiger partial charge >= 0.3 is 30.9 Å². The van der Waals surface area contributed by atoms with Crippen molar-refractivity contribution >= 4 is 40.1 Å². The fourth-order valence-electron chi connectivity index (χ4n) is 6.18. The van der Waals surface area contributed by atoms with Crippen LogP contribution < -0.4 is 34.4 Å². The number of nitrogens with one attached hydrogen (secondary N) is 1. The summed E-state index contributed by atoms with van der Waals surface area (Å²) in [6, 6.07) is 20.8. The Morgan fingerprint density at radius 1 is 0.565 bits per heavy atom. The number of alkyl halides is 15. The fourth-order valence-corrected chi connectivity index (χ4v) is 6.18. The fraction of sp³-hybridized carbons (Fsp3) is 0.186. The van der Waals surface area contributed by atoms with E-state index in [1.54, 1.807) is 19.0 Å². The summed E-state index contributed by atoms with van der Waals surface area (Å²) in [5, 5.41) is 2.62. The molecule has 3 aromatic carbocycles. The maximum Gasteiger partial charge on any atom is 0.433 e. The number of hydrogen-bond acceptors (Lipinski definition) is 10. The van der Waals surface area contributed by atoms with Gasteiger partial charge < -0.3 is 34.4 Å². The second-order valence-corrected chi connectivity index (χ2v) is 14.5. The van der Waals surface area contributed by atoms with Gasteiger partial charge in [-0.05, 0) is 31.3 Å². The molecule has 5 heterocycles. The molecule has 10 nitrogen and oxygen atoms in total. The third-order valence-corrected chi connectivity index (χ3v) is 9.39. The van der Waals surface area contributed by atoms with Crippen LogP contribution in [-0.2, 0) is 51.0 Å². The second kappa shape index (κ2) is 19.0. The van der Waals surface area contributed by atoms with E-state index < -0.39 is 59.0 Å². The van der Waals surface area contributed by atoms with Crippen molar-refractivity contribution in [3.8, 4) is 23.3 Å². The van der Waals surface area contributed by atoms with E-state index in [0.29, 0.717) is 23.9 Å². The molecule has 69 heavy (non-hydrogen) atoms. The van der Waals surface area contributed by atoms with E-state index in [1.165, 1.54) is 30.7 Å².